The molecule has 0 atom stereocenters. The Kier molecular flexibility index (Phi) is 1.66. The molecule has 1 heterocycles. The number of thiazole rings is 1. The van der Waals surface area contributed by atoms with E-state index in [1.807, 2.05) is 29.8 Å². The number of rotatable bonds is 0. The quantitative estimate of drug-likeness (QED) is 0.518. The minimum absolute atomic E-state index is 0.791. The van der Waals surface area contributed by atoms with Crippen molar-refractivity contribution in [3.8, 4) is 0 Å². The van der Waals surface area contributed by atoms with Gasteiger partial charge in [-0.1, -0.05) is 0 Å². The zero-order valence-corrected chi connectivity index (χ0v) is 8.21. The van der Waals surface area contributed by atoms with Crippen LogP contribution < -0.4 is 5.73 Å². The molecule has 1 aromatic carbocycles. The van der Waals surface area contributed by atoms with Crippen LogP contribution in [0.5, 0.6) is 0 Å². The summed E-state index contributed by atoms with van der Waals surface area (Å²) in [6, 6.07) is 5.84. The van der Waals surface area contributed by atoms with Gasteiger partial charge in [0.15, 0.2) is 3.95 Å². The van der Waals surface area contributed by atoms with E-state index >= 15 is 0 Å². The van der Waals surface area contributed by atoms with Crippen molar-refractivity contribution in [3.63, 3.8) is 0 Å². The van der Waals surface area contributed by atoms with Gasteiger partial charge in [-0.25, -0.2) is 0 Å². The molecule has 0 saturated heterocycles. The Labute approximate surface area is 79.2 Å². The van der Waals surface area contributed by atoms with Crippen LogP contribution in [0.25, 0.3) is 10.2 Å². The highest BCUT2D eigenvalue weighted by molar-refractivity contribution is 7.73. The molecule has 0 aliphatic heterocycles. The minimum atomic E-state index is 0.791. The Morgan fingerprint density at radius 2 is 2.25 bits per heavy atom. The number of aryl methyl sites for hydroxylation is 1. The molecule has 2 nitrogen and oxygen atoms in total. The SMILES string of the molecule is Cn1c(=S)sc2cc(N)ccc21. The molecule has 2 aromatic rings. The Morgan fingerprint density at radius 1 is 1.50 bits per heavy atom. The summed E-state index contributed by atoms with van der Waals surface area (Å²) >= 11 is 6.73. The van der Waals surface area contributed by atoms with Crippen molar-refractivity contribution in [2.75, 3.05) is 5.73 Å². The fourth-order valence-electron chi connectivity index (χ4n) is 1.15. The van der Waals surface area contributed by atoms with Crippen LogP contribution in [0.2, 0.25) is 0 Å². The number of hydrogen-bond acceptors (Lipinski definition) is 3. The van der Waals surface area contributed by atoms with E-state index in [1.54, 1.807) is 11.3 Å². The molecule has 12 heavy (non-hydrogen) atoms. The predicted molar refractivity (Wildman–Crippen MR) is 56.0 cm³/mol. The molecule has 0 bridgehead atoms. The van der Waals surface area contributed by atoms with Crippen molar-refractivity contribution >= 4 is 39.5 Å². The van der Waals surface area contributed by atoms with E-state index in [0.29, 0.717) is 0 Å². The fourth-order valence-corrected chi connectivity index (χ4v) is 2.45. The molecule has 0 aliphatic rings. The van der Waals surface area contributed by atoms with Crippen LogP contribution in [0.15, 0.2) is 18.2 Å². The number of nitrogen functional groups attached to an aromatic ring is 1. The first kappa shape index (κ1) is 7.76. The summed E-state index contributed by atoms with van der Waals surface area (Å²) in [7, 11) is 1.97. The molecule has 0 fully saturated rings. The van der Waals surface area contributed by atoms with Gasteiger partial charge < -0.3 is 10.3 Å². The Hall–Kier alpha value is -0.870. The average molecular weight is 196 g/mol. The van der Waals surface area contributed by atoms with Crippen LogP contribution in [0.3, 0.4) is 0 Å². The summed E-state index contributed by atoms with van der Waals surface area (Å²) in [5.74, 6) is 0. The number of anilines is 1. The van der Waals surface area contributed by atoms with Gasteiger partial charge in [-0.05, 0) is 30.4 Å². The van der Waals surface area contributed by atoms with Crippen LogP contribution >= 0.6 is 23.6 Å². The second-order valence-electron chi connectivity index (χ2n) is 2.65. The minimum Gasteiger partial charge on any atom is -0.399 e. The largest absolute Gasteiger partial charge is 0.399 e. The summed E-state index contributed by atoms with van der Waals surface area (Å²) in [5, 5.41) is 0. The maximum absolute atomic E-state index is 5.65. The second kappa shape index (κ2) is 2.57. The van der Waals surface area contributed by atoms with Gasteiger partial charge in [0.25, 0.3) is 0 Å². The van der Waals surface area contributed by atoms with Gasteiger partial charge in [0.1, 0.15) is 0 Å². The third kappa shape index (κ3) is 1.04. The lowest BCUT2D eigenvalue weighted by Gasteiger charge is -1.94. The van der Waals surface area contributed by atoms with E-state index in [1.165, 1.54) is 0 Å². The van der Waals surface area contributed by atoms with E-state index in [0.717, 1.165) is 19.9 Å². The van der Waals surface area contributed by atoms with Gasteiger partial charge >= 0.3 is 0 Å². The Bertz CT molecular complexity index is 481. The number of nitrogens with two attached hydrogens (primary N) is 1. The monoisotopic (exact) mass is 196 g/mol. The summed E-state index contributed by atoms with van der Waals surface area (Å²) in [6.45, 7) is 0. The molecule has 62 valence electrons. The lowest BCUT2D eigenvalue weighted by atomic mass is 10.3. The van der Waals surface area contributed by atoms with Gasteiger partial charge in [-0.3, -0.25) is 0 Å². The highest BCUT2D eigenvalue weighted by Crippen LogP contribution is 2.23. The van der Waals surface area contributed by atoms with Gasteiger partial charge in [0.2, 0.25) is 0 Å². The van der Waals surface area contributed by atoms with E-state index in [4.69, 9.17) is 18.0 Å². The number of aromatic nitrogens is 1. The van der Waals surface area contributed by atoms with E-state index in [2.05, 4.69) is 0 Å². The van der Waals surface area contributed by atoms with Crippen LogP contribution in [-0.2, 0) is 7.05 Å². The van der Waals surface area contributed by atoms with E-state index in [9.17, 15) is 0 Å². The first-order chi connectivity index (χ1) is 5.68. The van der Waals surface area contributed by atoms with Crippen molar-refractivity contribution in [1.82, 2.24) is 4.57 Å². The van der Waals surface area contributed by atoms with Crippen molar-refractivity contribution in [1.29, 1.82) is 0 Å². The molecule has 0 amide bonds. The summed E-state index contributed by atoms with van der Waals surface area (Å²) in [5.41, 5.74) is 7.59. The summed E-state index contributed by atoms with van der Waals surface area (Å²) in [4.78, 5) is 0. The first-order valence-corrected chi connectivity index (χ1v) is 4.76. The van der Waals surface area contributed by atoms with E-state index < -0.39 is 0 Å². The van der Waals surface area contributed by atoms with Crippen LogP contribution in [0.1, 0.15) is 0 Å². The number of nitrogens with zero attached hydrogens (tertiary/aromatic N) is 1. The standard InChI is InChI=1S/C8H8N2S2/c1-10-6-3-2-5(9)4-7(6)12-8(10)11/h2-4H,9H2,1H3. The molecule has 2 N–H and O–H groups in total. The van der Waals surface area contributed by atoms with Crippen LogP contribution in [0, 0.1) is 3.95 Å². The number of hydrogen-bond donors (Lipinski definition) is 1. The molecule has 0 spiro atoms. The highest BCUT2D eigenvalue weighted by Gasteiger charge is 2.00. The highest BCUT2D eigenvalue weighted by atomic mass is 32.1. The molecule has 2 rings (SSSR count). The van der Waals surface area contributed by atoms with Gasteiger partial charge in [0, 0.05) is 12.7 Å². The lowest BCUT2D eigenvalue weighted by Crippen LogP contribution is -1.87. The third-order valence-electron chi connectivity index (χ3n) is 1.82. The fraction of sp³-hybridized carbons (Fsp3) is 0.125. The van der Waals surface area contributed by atoms with Gasteiger partial charge in [-0.15, -0.1) is 11.3 Å². The Balaban J connectivity index is 2.96. The molecule has 0 saturated carbocycles. The third-order valence-corrected chi connectivity index (χ3v) is 3.34. The van der Waals surface area contributed by atoms with Crippen molar-refractivity contribution < 1.29 is 0 Å². The summed E-state index contributed by atoms with van der Waals surface area (Å²) < 4.78 is 4.03. The molecule has 1 aromatic heterocycles. The van der Waals surface area contributed by atoms with Crippen LogP contribution in [0.4, 0.5) is 5.69 Å². The maximum Gasteiger partial charge on any atom is 0.161 e. The van der Waals surface area contributed by atoms with Crippen molar-refractivity contribution in [3.05, 3.63) is 22.2 Å². The molecular weight excluding hydrogens is 188 g/mol. The zero-order chi connectivity index (χ0) is 8.72. The molecule has 0 aliphatic carbocycles. The zero-order valence-electron chi connectivity index (χ0n) is 6.57. The van der Waals surface area contributed by atoms with Crippen LogP contribution in [-0.4, -0.2) is 4.57 Å². The molecular formula is C8H8N2S2. The van der Waals surface area contributed by atoms with Crippen molar-refractivity contribution in [2.45, 2.75) is 0 Å². The molecule has 4 heteroatoms. The maximum atomic E-state index is 5.65. The second-order valence-corrected chi connectivity index (χ2v) is 4.33. The Morgan fingerprint density at radius 3 is 3.00 bits per heavy atom. The lowest BCUT2D eigenvalue weighted by molar-refractivity contribution is 0.964. The van der Waals surface area contributed by atoms with Gasteiger partial charge in [-0.2, -0.15) is 0 Å². The number of benzene rings is 1. The molecule has 0 unspecified atom stereocenters. The van der Waals surface area contributed by atoms with E-state index in [-0.39, 0.29) is 0 Å². The molecule has 0 radical (unpaired) electrons. The summed E-state index contributed by atoms with van der Waals surface area (Å²) in [6.07, 6.45) is 0. The van der Waals surface area contributed by atoms with Crippen molar-refractivity contribution in [2.24, 2.45) is 7.05 Å². The normalized spacial score (nSPS) is 10.8. The average Bonchev–Trinajstić information content (AvgIpc) is 2.28. The predicted octanol–water partition coefficient (Wildman–Crippen LogP) is 2.55. The first-order valence-electron chi connectivity index (χ1n) is 3.53. The topological polar surface area (TPSA) is 30.9 Å². The number of fused-ring (bicyclic) bond motifs is 1. The smallest absolute Gasteiger partial charge is 0.161 e. The van der Waals surface area contributed by atoms with Gasteiger partial charge in [0.05, 0.1) is 10.2 Å².